The molecule has 2 aromatic heterocycles. The highest BCUT2D eigenvalue weighted by Gasteiger charge is 2.04. The van der Waals surface area contributed by atoms with Gasteiger partial charge in [0.15, 0.2) is 0 Å². The van der Waals surface area contributed by atoms with Crippen LogP contribution >= 0.6 is 11.3 Å². The number of aromatic amines is 1. The number of hydrogen-bond acceptors (Lipinski definition) is 4. The number of carbonyl (C=O) groups is 1. The Morgan fingerprint density at radius 1 is 1.17 bits per heavy atom. The van der Waals surface area contributed by atoms with Gasteiger partial charge in [-0.15, -0.1) is 11.3 Å². The molecule has 0 radical (unpaired) electrons. The Balaban J connectivity index is 1.58. The average molecular weight is 340 g/mol. The predicted octanol–water partition coefficient (Wildman–Crippen LogP) is 2.86. The first-order valence-electron chi connectivity index (χ1n) is 7.44. The minimum Gasteiger partial charge on any atom is -0.338 e. The maximum Gasteiger partial charge on any atom is 0.319 e. The number of H-pyrrole nitrogens is 1. The van der Waals surface area contributed by atoms with Crippen molar-refractivity contribution in [2.75, 3.05) is 11.9 Å². The van der Waals surface area contributed by atoms with Crippen molar-refractivity contribution in [3.8, 4) is 11.3 Å². The summed E-state index contributed by atoms with van der Waals surface area (Å²) in [6.45, 7) is 0.577. The minimum atomic E-state index is -0.252. The van der Waals surface area contributed by atoms with E-state index >= 15 is 0 Å². The molecule has 0 atom stereocenters. The predicted molar refractivity (Wildman–Crippen MR) is 95.3 cm³/mol. The van der Waals surface area contributed by atoms with Crippen molar-refractivity contribution in [3.05, 3.63) is 69.1 Å². The highest BCUT2D eigenvalue weighted by Crippen LogP contribution is 2.19. The molecule has 0 unspecified atom stereocenters. The van der Waals surface area contributed by atoms with Crippen LogP contribution < -0.4 is 16.2 Å². The van der Waals surface area contributed by atoms with Crippen molar-refractivity contribution < 1.29 is 4.79 Å². The monoisotopic (exact) mass is 340 g/mol. The Hall–Kier alpha value is -2.93. The lowest BCUT2D eigenvalue weighted by Crippen LogP contribution is -2.30. The van der Waals surface area contributed by atoms with E-state index < -0.39 is 0 Å². The summed E-state index contributed by atoms with van der Waals surface area (Å²) >= 11 is 1.68. The third kappa shape index (κ3) is 4.30. The molecule has 0 aliphatic carbocycles. The molecule has 6 nitrogen and oxygen atoms in total. The molecular weight excluding hydrogens is 324 g/mol. The quantitative estimate of drug-likeness (QED) is 0.667. The van der Waals surface area contributed by atoms with Gasteiger partial charge >= 0.3 is 6.03 Å². The minimum absolute atomic E-state index is 0.252. The maximum atomic E-state index is 12.0. The molecule has 0 saturated heterocycles. The number of nitrogens with one attached hydrogen (secondary N) is 3. The average Bonchev–Trinajstić information content (AvgIpc) is 3.09. The van der Waals surface area contributed by atoms with Gasteiger partial charge < -0.3 is 10.6 Å². The van der Waals surface area contributed by atoms with Crippen molar-refractivity contribution in [1.29, 1.82) is 0 Å². The molecule has 0 fully saturated rings. The van der Waals surface area contributed by atoms with Gasteiger partial charge in [-0.2, -0.15) is 5.10 Å². The molecule has 2 heterocycles. The van der Waals surface area contributed by atoms with Crippen LogP contribution in [-0.4, -0.2) is 22.8 Å². The second-order valence-corrected chi connectivity index (χ2v) is 6.13. The van der Waals surface area contributed by atoms with E-state index in [9.17, 15) is 9.59 Å². The van der Waals surface area contributed by atoms with Crippen LogP contribution in [0.4, 0.5) is 10.5 Å². The van der Waals surface area contributed by atoms with E-state index in [1.807, 2.05) is 29.6 Å². The molecule has 3 N–H and O–H groups in total. The number of thiophene rings is 1. The smallest absolute Gasteiger partial charge is 0.319 e. The summed E-state index contributed by atoms with van der Waals surface area (Å²) in [4.78, 5) is 24.3. The lowest BCUT2D eigenvalue weighted by molar-refractivity contribution is 0.252. The summed E-state index contributed by atoms with van der Waals surface area (Å²) in [6.07, 6.45) is 0.812. The van der Waals surface area contributed by atoms with Crippen LogP contribution in [0.15, 0.2) is 58.7 Å². The topological polar surface area (TPSA) is 86.9 Å². The van der Waals surface area contributed by atoms with Crippen LogP contribution in [0.5, 0.6) is 0 Å². The van der Waals surface area contributed by atoms with Gasteiger partial charge in [0.05, 0.1) is 5.69 Å². The number of carbonyl (C=O) groups excluding carboxylic acids is 1. The molecule has 122 valence electrons. The van der Waals surface area contributed by atoms with Gasteiger partial charge in [0, 0.05) is 28.7 Å². The van der Waals surface area contributed by atoms with Crippen molar-refractivity contribution in [3.63, 3.8) is 0 Å². The molecule has 2 amide bonds. The van der Waals surface area contributed by atoms with Crippen LogP contribution in [0.2, 0.25) is 0 Å². The van der Waals surface area contributed by atoms with E-state index in [1.54, 1.807) is 29.5 Å². The normalized spacial score (nSPS) is 10.3. The summed E-state index contributed by atoms with van der Waals surface area (Å²) in [5, 5.41) is 14.0. The van der Waals surface area contributed by atoms with Gasteiger partial charge in [-0.05, 0) is 36.1 Å². The van der Waals surface area contributed by atoms with Gasteiger partial charge in [0.1, 0.15) is 0 Å². The first-order valence-corrected chi connectivity index (χ1v) is 8.32. The number of rotatable bonds is 5. The molecular formula is C17H16N4O2S. The number of hydrogen-bond donors (Lipinski definition) is 3. The number of benzene rings is 1. The number of anilines is 1. The molecule has 0 aliphatic heterocycles. The molecule has 0 bridgehead atoms. The van der Waals surface area contributed by atoms with E-state index in [1.165, 1.54) is 10.9 Å². The van der Waals surface area contributed by atoms with Crippen LogP contribution in [-0.2, 0) is 6.42 Å². The fourth-order valence-corrected chi connectivity index (χ4v) is 2.90. The zero-order valence-corrected chi connectivity index (χ0v) is 13.6. The summed E-state index contributed by atoms with van der Waals surface area (Å²) < 4.78 is 0. The van der Waals surface area contributed by atoms with E-state index in [-0.39, 0.29) is 11.6 Å². The molecule has 7 heteroatoms. The van der Waals surface area contributed by atoms with Crippen molar-refractivity contribution in [1.82, 2.24) is 15.5 Å². The van der Waals surface area contributed by atoms with Gasteiger partial charge in [0.25, 0.3) is 5.56 Å². The Morgan fingerprint density at radius 3 is 2.83 bits per heavy atom. The molecule has 0 aliphatic rings. The highest BCUT2D eigenvalue weighted by atomic mass is 32.1. The number of aromatic nitrogens is 2. The van der Waals surface area contributed by atoms with Crippen LogP contribution in [0.25, 0.3) is 11.3 Å². The molecule has 3 aromatic rings. The molecule has 0 saturated carbocycles. The summed E-state index contributed by atoms with van der Waals surface area (Å²) in [7, 11) is 0. The van der Waals surface area contributed by atoms with Crippen molar-refractivity contribution in [2.24, 2.45) is 0 Å². The lowest BCUT2D eigenvalue weighted by Gasteiger charge is -2.08. The van der Waals surface area contributed by atoms with Crippen LogP contribution in [0, 0.1) is 0 Å². The van der Waals surface area contributed by atoms with E-state index in [2.05, 4.69) is 20.8 Å². The summed E-state index contributed by atoms with van der Waals surface area (Å²) in [5.41, 5.74) is 1.85. The number of urea groups is 1. The standard InChI is InChI=1S/C17H16N4O2S/c22-16-7-6-15(20-21-16)12-3-1-4-13(11-12)19-17(23)18-9-8-14-5-2-10-24-14/h1-7,10-11H,8-9H2,(H,21,22)(H2,18,19,23). The van der Waals surface area contributed by atoms with E-state index in [0.29, 0.717) is 17.9 Å². The first-order chi connectivity index (χ1) is 11.7. The summed E-state index contributed by atoms with van der Waals surface area (Å²) in [6, 6.07) is 14.1. The lowest BCUT2D eigenvalue weighted by atomic mass is 10.1. The van der Waals surface area contributed by atoms with Crippen LogP contribution in [0.3, 0.4) is 0 Å². The SMILES string of the molecule is O=C(NCCc1cccs1)Nc1cccc(-c2ccc(=O)[nH]n2)c1. The van der Waals surface area contributed by atoms with Gasteiger partial charge in [-0.25, -0.2) is 9.89 Å². The fourth-order valence-electron chi connectivity index (χ4n) is 2.19. The second-order valence-electron chi connectivity index (χ2n) is 5.10. The number of amides is 2. The van der Waals surface area contributed by atoms with E-state index in [0.717, 1.165) is 12.0 Å². The third-order valence-electron chi connectivity index (χ3n) is 3.33. The largest absolute Gasteiger partial charge is 0.338 e. The van der Waals surface area contributed by atoms with E-state index in [4.69, 9.17) is 0 Å². The molecule has 1 aromatic carbocycles. The second kappa shape index (κ2) is 7.56. The van der Waals surface area contributed by atoms with Gasteiger partial charge in [-0.3, -0.25) is 4.79 Å². The Bertz CT molecular complexity index is 854. The van der Waals surface area contributed by atoms with Crippen LogP contribution in [0.1, 0.15) is 4.88 Å². The zero-order chi connectivity index (χ0) is 16.8. The molecule has 3 rings (SSSR count). The van der Waals surface area contributed by atoms with Gasteiger partial charge in [-0.1, -0.05) is 18.2 Å². The first kappa shape index (κ1) is 15.9. The Kier molecular flexibility index (Phi) is 5.02. The molecule has 0 spiro atoms. The van der Waals surface area contributed by atoms with Crippen molar-refractivity contribution in [2.45, 2.75) is 6.42 Å². The number of nitrogens with zero attached hydrogens (tertiary/aromatic N) is 1. The highest BCUT2D eigenvalue weighted by molar-refractivity contribution is 7.09. The Morgan fingerprint density at radius 2 is 2.08 bits per heavy atom. The van der Waals surface area contributed by atoms with Crippen molar-refractivity contribution >= 4 is 23.1 Å². The maximum absolute atomic E-state index is 12.0. The zero-order valence-electron chi connectivity index (χ0n) is 12.8. The summed E-state index contributed by atoms with van der Waals surface area (Å²) in [5.74, 6) is 0. The Labute approximate surface area is 142 Å². The third-order valence-corrected chi connectivity index (χ3v) is 4.27. The van der Waals surface area contributed by atoms with Gasteiger partial charge in [0.2, 0.25) is 0 Å². The fraction of sp³-hybridized carbons (Fsp3) is 0.118. The molecule has 24 heavy (non-hydrogen) atoms.